The minimum absolute atomic E-state index is 0.00889. The molecule has 0 bridgehead atoms. The van der Waals surface area contributed by atoms with Crippen LogP contribution in [-0.2, 0) is 4.79 Å². The lowest BCUT2D eigenvalue weighted by Gasteiger charge is -2.07. The number of nitrogens with zero attached hydrogens (tertiary/aromatic N) is 2. The smallest absolute Gasteiger partial charge is 0.387 e. The van der Waals surface area contributed by atoms with Crippen LogP contribution < -0.4 is 10.1 Å². The Morgan fingerprint density at radius 2 is 1.96 bits per heavy atom. The van der Waals surface area contributed by atoms with Crippen molar-refractivity contribution in [2.45, 2.75) is 15.8 Å². The molecule has 0 fully saturated rings. The standard InChI is InChI=1S/C18H13F2N3O2S2/c19-17(20)25-15-4-2-1-3-12(15)5-10-16(24)22-13-6-8-14(9-7-13)27-18-23-21-11-26-18/h1-11,17H,(H,22,24)/b10-5+. The number of rotatable bonds is 7. The van der Waals surface area contributed by atoms with Crippen LogP contribution in [0.15, 0.2) is 69.4 Å². The van der Waals surface area contributed by atoms with E-state index >= 15 is 0 Å². The SMILES string of the molecule is O=C(/C=C/c1ccccc1OC(F)F)Nc1ccc(Sc2nncs2)cc1. The molecular formula is C18H13F2N3O2S2. The van der Waals surface area contributed by atoms with E-state index in [9.17, 15) is 13.6 Å². The van der Waals surface area contributed by atoms with Gasteiger partial charge in [-0.3, -0.25) is 4.79 Å². The fraction of sp³-hybridized carbons (Fsp3) is 0.0556. The largest absolute Gasteiger partial charge is 0.434 e. The number of halogens is 2. The monoisotopic (exact) mass is 405 g/mol. The van der Waals surface area contributed by atoms with Crippen LogP contribution in [0.4, 0.5) is 14.5 Å². The van der Waals surface area contributed by atoms with Gasteiger partial charge in [0.15, 0.2) is 4.34 Å². The Morgan fingerprint density at radius 1 is 1.19 bits per heavy atom. The third-order valence-electron chi connectivity index (χ3n) is 3.22. The number of alkyl halides is 2. The number of amides is 1. The van der Waals surface area contributed by atoms with Gasteiger partial charge in [-0.2, -0.15) is 8.78 Å². The van der Waals surface area contributed by atoms with Crippen molar-refractivity contribution >= 4 is 40.8 Å². The molecule has 3 rings (SSSR count). The highest BCUT2D eigenvalue weighted by Crippen LogP contribution is 2.29. The highest BCUT2D eigenvalue weighted by molar-refractivity contribution is 8.01. The third kappa shape index (κ3) is 5.87. The Bertz CT molecular complexity index is 917. The van der Waals surface area contributed by atoms with Crippen molar-refractivity contribution < 1.29 is 18.3 Å². The Hall–Kier alpha value is -2.78. The maximum atomic E-state index is 12.4. The van der Waals surface area contributed by atoms with Gasteiger partial charge in [-0.05, 0) is 36.4 Å². The molecule has 27 heavy (non-hydrogen) atoms. The number of aromatic nitrogens is 2. The topological polar surface area (TPSA) is 64.1 Å². The maximum Gasteiger partial charge on any atom is 0.387 e. The van der Waals surface area contributed by atoms with E-state index in [1.54, 1.807) is 35.8 Å². The van der Waals surface area contributed by atoms with Crippen molar-refractivity contribution in [1.82, 2.24) is 10.2 Å². The first-order valence-electron chi connectivity index (χ1n) is 7.67. The second-order valence-corrected chi connectivity index (χ2v) is 7.22. The summed E-state index contributed by atoms with van der Waals surface area (Å²) in [4.78, 5) is 13.0. The van der Waals surface area contributed by atoms with Crippen LogP contribution in [0.5, 0.6) is 5.75 Å². The zero-order valence-electron chi connectivity index (χ0n) is 13.7. The summed E-state index contributed by atoms with van der Waals surface area (Å²) in [5, 5.41) is 10.4. The summed E-state index contributed by atoms with van der Waals surface area (Å²) in [5.74, 6) is -0.374. The molecule has 0 aliphatic heterocycles. The summed E-state index contributed by atoms with van der Waals surface area (Å²) >= 11 is 2.93. The lowest BCUT2D eigenvalue weighted by Crippen LogP contribution is -2.07. The van der Waals surface area contributed by atoms with Crippen molar-refractivity contribution in [2.24, 2.45) is 0 Å². The summed E-state index contributed by atoms with van der Waals surface area (Å²) in [5.41, 5.74) is 2.66. The minimum Gasteiger partial charge on any atom is -0.434 e. The molecule has 3 aromatic rings. The van der Waals surface area contributed by atoms with Gasteiger partial charge < -0.3 is 10.1 Å². The Balaban J connectivity index is 1.60. The summed E-state index contributed by atoms with van der Waals surface area (Å²) in [7, 11) is 0. The fourth-order valence-corrected chi connectivity index (χ4v) is 3.54. The summed E-state index contributed by atoms with van der Waals surface area (Å²) in [6.07, 6.45) is 2.68. The Labute approximate surface area is 162 Å². The van der Waals surface area contributed by atoms with Crippen molar-refractivity contribution in [1.29, 1.82) is 0 Å². The first-order chi connectivity index (χ1) is 13.1. The normalized spacial score (nSPS) is 11.1. The third-order valence-corrected chi connectivity index (χ3v) is 5.00. The lowest BCUT2D eigenvalue weighted by atomic mass is 10.2. The van der Waals surface area contributed by atoms with Gasteiger partial charge in [0.2, 0.25) is 5.91 Å². The number of nitrogens with one attached hydrogen (secondary N) is 1. The average Bonchev–Trinajstić information content (AvgIpc) is 3.15. The van der Waals surface area contributed by atoms with Crippen molar-refractivity contribution in [3.8, 4) is 5.75 Å². The fourth-order valence-electron chi connectivity index (χ4n) is 2.09. The van der Waals surface area contributed by atoms with Crippen molar-refractivity contribution in [3.63, 3.8) is 0 Å². The zero-order valence-corrected chi connectivity index (χ0v) is 15.3. The Morgan fingerprint density at radius 3 is 2.67 bits per heavy atom. The molecule has 2 aromatic carbocycles. The van der Waals surface area contributed by atoms with Crippen LogP contribution in [0.3, 0.4) is 0 Å². The summed E-state index contributed by atoms with van der Waals surface area (Å²) in [6, 6.07) is 13.5. The molecule has 0 atom stereocenters. The molecule has 0 radical (unpaired) electrons. The predicted molar refractivity (Wildman–Crippen MR) is 101 cm³/mol. The van der Waals surface area contributed by atoms with Crippen molar-refractivity contribution in [2.75, 3.05) is 5.32 Å². The molecule has 9 heteroatoms. The molecule has 138 valence electrons. The molecule has 1 N–H and O–H groups in total. The van der Waals surface area contributed by atoms with E-state index in [0.29, 0.717) is 11.3 Å². The number of para-hydroxylation sites is 1. The quantitative estimate of drug-likeness (QED) is 0.564. The zero-order chi connectivity index (χ0) is 19.1. The van der Waals surface area contributed by atoms with Crippen LogP contribution >= 0.6 is 23.1 Å². The van der Waals surface area contributed by atoms with Crippen LogP contribution in [-0.4, -0.2) is 22.7 Å². The van der Waals surface area contributed by atoms with Crippen LogP contribution in [0.25, 0.3) is 6.08 Å². The highest BCUT2D eigenvalue weighted by Gasteiger charge is 2.07. The molecule has 0 spiro atoms. The van der Waals surface area contributed by atoms with E-state index in [1.807, 2.05) is 12.1 Å². The number of ether oxygens (including phenoxy) is 1. The summed E-state index contributed by atoms with van der Waals surface area (Å²) < 4.78 is 30.1. The number of benzene rings is 2. The van der Waals surface area contributed by atoms with Gasteiger partial charge in [0, 0.05) is 22.2 Å². The number of hydrogen-bond acceptors (Lipinski definition) is 6. The molecule has 0 saturated heterocycles. The van der Waals surface area contributed by atoms with Crippen LogP contribution in [0.2, 0.25) is 0 Å². The van der Waals surface area contributed by atoms with Gasteiger partial charge in [-0.1, -0.05) is 41.3 Å². The van der Waals surface area contributed by atoms with E-state index in [4.69, 9.17) is 0 Å². The molecule has 0 aliphatic rings. The van der Waals surface area contributed by atoms with Gasteiger partial charge in [0.25, 0.3) is 0 Å². The van der Waals surface area contributed by atoms with Gasteiger partial charge >= 0.3 is 6.61 Å². The van der Waals surface area contributed by atoms with Crippen LogP contribution in [0, 0.1) is 0 Å². The van der Waals surface area contributed by atoms with Gasteiger partial charge in [-0.25, -0.2) is 0 Å². The number of hydrogen-bond donors (Lipinski definition) is 1. The van der Waals surface area contributed by atoms with Gasteiger partial charge in [0.05, 0.1) is 0 Å². The molecule has 5 nitrogen and oxygen atoms in total. The molecule has 1 aromatic heterocycles. The van der Waals surface area contributed by atoms with Crippen LogP contribution in [0.1, 0.15) is 5.56 Å². The minimum atomic E-state index is -2.93. The number of anilines is 1. The van der Waals surface area contributed by atoms with Crippen molar-refractivity contribution in [3.05, 3.63) is 65.7 Å². The molecule has 1 amide bonds. The van der Waals surface area contributed by atoms with E-state index < -0.39 is 6.61 Å². The molecular weight excluding hydrogens is 392 g/mol. The summed E-state index contributed by atoms with van der Waals surface area (Å²) in [6.45, 7) is -2.93. The number of carbonyl (C=O) groups excluding carboxylic acids is 1. The van der Waals surface area contributed by atoms with E-state index in [0.717, 1.165) is 9.24 Å². The second kappa shape index (κ2) is 9.24. The first kappa shape index (κ1) is 19.0. The first-order valence-corrected chi connectivity index (χ1v) is 9.37. The molecule has 0 aliphatic carbocycles. The van der Waals surface area contributed by atoms with Gasteiger partial charge in [-0.15, -0.1) is 10.2 Å². The van der Waals surface area contributed by atoms with Gasteiger partial charge in [0.1, 0.15) is 11.3 Å². The Kier molecular flexibility index (Phi) is 6.50. The highest BCUT2D eigenvalue weighted by atomic mass is 32.2. The maximum absolute atomic E-state index is 12.4. The van der Waals surface area contributed by atoms with E-state index in [-0.39, 0.29) is 11.7 Å². The lowest BCUT2D eigenvalue weighted by molar-refractivity contribution is -0.111. The van der Waals surface area contributed by atoms with E-state index in [1.165, 1.54) is 41.3 Å². The molecule has 0 saturated carbocycles. The molecule has 1 heterocycles. The predicted octanol–water partition coefficient (Wildman–Crippen LogP) is 4.94. The average molecular weight is 405 g/mol. The number of carbonyl (C=O) groups is 1. The second-order valence-electron chi connectivity index (χ2n) is 5.07. The van der Waals surface area contributed by atoms with E-state index in [2.05, 4.69) is 20.3 Å². The molecule has 0 unspecified atom stereocenters.